The van der Waals surface area contributed by atoms with Gasteiger partial charge in [0.1, 0.15) is 0 Å². The van der Waals surface area contributed by atoms with E-state index in [0.717, 1.165) is 25.7 Å². The van der Waals surface area contributed by atoms with Crippen molar-refractivity contribution in [2.45, 2.75) is 84.1 Å². The van der Waals surface area contributed by atoms with Gasteiger partial charge in [0.05, 0.1) is 0 Å². The van der Waals surface area contributed by atoms with Gasteiger partial charge in [-0.3, -0.25) is 0 Å². The smallest absolute Gasteiger partial charge is 0.171 e. The van der Waals surface area contributed by atoms with Crippen LogP contribution in [-0.2, 0) is 9.47 Å². The van der Waals surface area contributed by atoms with Crippen molar-refractivity contribution < 1.29 is 9.47 Å². The van der Waals surface area contributed by atoms with Crippen molar-refractivity contribution in [1.82, 2.24) is 4.31 Å². The molecule has 0 aliphatic carbocycles. The molecule has 0 bridgehead atoms. The number of nitrogens with zero attached hydrogens (tertiary/aromatic N) is 1. The highest BCUT2D eigenvalue weighted by Gasteiger charge is 2.55. The summed E-state index contributed by atoms with van der Waals surface area (Å²) >= 11 is 4.82. The van der Waals surface area contributed by atoms with Gasteiger partial charge in [0.2, 0.25) is 0 Å². The van der Waals surface area contributed by atoms with E-state index in [1.54, 1.807) is 0 Å². The van der Waals surface area contributed by atoms with Gasteiger partial charge in [-0.05, 0) is 40.5 Å². The molecule has 1 fully saturated rings. The van der Waals surface area contributed by atoms with Crippen molar-refractivity contribution in [1.29, 1.82) is 0 Å². The lowest BCUT2D eigenvalue weighted by Gasteiger charge is -2.58. The molecule has 114 valence electrons. The molecule has 0 aromatic heterocycles. The van der Waals surface area contributed by atoms with Crippen LogP contribution in [0.15, 0.2) is 0 Å². The molecule has 19 heavy (non-hydrogen) atoms. The molecule has 0 N–H and O–H groups in total. The molecule has 0 amide bonds. The van der Waals surface area contributed by atoms with E-state index in [-0.39, 0.29) is 11.1 Å². The van der Waals surface area contributed by atoms with Gasteiger partial charge < -0.3 is 9.47 Å². The molecule has 0 radical (unpaired) electrons. The Bertz CT molecular complexity index is 284. The van der Waals surface area contributed by atoms with E-state index in [4.69, 9.17) is 22.3 Å². The van der Waals surface area contributed by atoms with Crippen LogP contribution in [0.2, 0.25) is 0 Å². The second kappa shape index (κ2) is 6.33. The summed E-state index contributed by atoms with van der Waals surface area (Å²) in [5, 5.41) is 0. The Morgan fingerprint density at radius 3 is 1.79 bits per heavy atom. The zero-order valence-electron chi connectivity index (χ0n) is 13.5. The van der Waals surface area contributed by atoms with Crippen LogP contribution in [0.3, 0.4) is 0 Å². The standard InChI is InChI=1S/C15H31NO2S/c1-7-14(8-2)12-15(17-9-3,18-10-4)11-13(5,6)16(14)19/h19H,7-12H2,1-6H3. The average Bonchev–Trinajstić information content (AvgIpc) is 2.34. The fraction of sp³-hybridized carbons (Fsp3) is 1.00. The number of ether oxygens (including phenoxy) is 2. The molecule has 0 saturated carbocycles. The van der Waals surface area contributed by atoms with E-state index in [1.165, 1.54) is 0 Å². The fourth-order valence-corrected chi connectivity index (χ4v) is 4.01. The number of rotatable bonds is 6. The Balaban J connectivity index is 3.15. The molecule has 0 unspecified atom stereocenters. The monoisotopic (exact) mass is 289 g/mol. The SMILES string of the molecule is CCOC1(OCC)CC(C)(C)N(S)C(CC)(CC)C1. The minimum absolute atomic E-state index is 0.0369. The molecule has 0 atom stereocenters. The van der Waals surface area contributed by atoms with Gasteiger partial charge in [-0.2, -0.15) is 0 Å². The topological polar surface area (TPSA) is 21.7 Å². The summed E-state index contributed by atoms with van der Waals surface area (Å²) in [4.78, 5) is 0. The van der Waals surface area contributed by atoms with Gasteiger partial charge in [-0.1, -0.05) is 26.7 Å². The van der Waals surface area contributed by atoms with Gasteiger partial charge >= 0.3 is 0 Å². The zero-order valence-corrected chi connectivity index (χ0v) is 14.3. The van der Waals surface area contributed by atoms with Crippen molar-refractivity contribution >= 4 is 12.8 Å². The maximum Gasteiger partial charge on any atom is 0.171 e. The lowest BCUT2D eigenvalue weighted by Crippen LogP contribution is -2.65. The maximum atomic E-state index is 6.07. The van der Waals surface area contributed by atoms with E-state index >= 15 is 0 Å². The van der Waals surface area contributed by atoms with E-state index in [1.807, 2.05) is 13.8 Å². The Hall–Kier alpha value is 0.230. The van der Waals surface area contributed by atoms with E-state index in [0.29, 0.717) is 13.2 Å². The lowest BCUT2D eigenvalue weighted by atomic mass is 9.74. The predicted molar refractivity (Wildman–Crippen MR) is 83.4 cm³/mol. The second-order valence-electron chi connectivity index (χ2n) is 6.19. The summed E-state index contributed by atoms with van der Waals surface area (Å²) in [5.41, 5.74) is -0.00702. The largest absolute Gasteiger partial charge is 0.350 e. The fourth-order valence-electron chi connectivity index (χ4n) is 3.59. The highest BCUT2D eigenvalue weighted by molar-refractivity contribution is 7.77. The van der Waals surface area contributed by atoms with Crippen molar-refractivity contribution in [3.8, 4) is 0 Å². The van der Waals surface area contributed by atoms with Gasteiger partial charge in [0.25, 0.3) is 0 Å². The molecule has 0 aromatic rings. The third-order valence-electron chi connectivity index (χ3n) is 4.45. The zero-order chi connectivity index (χ0) is 14.7. The molecule has 0 aromatic carbocycles. The highest BCUT2D eigenvalue weighted by atomic mass is 32.1. The number of hydrogen-bond donors (Lipinski definition) is 1. The summed E-state index contributed by atoms with van der Waals surface area (Å²) in [6.45, 7) is 14.4. The third-order valence-corrected chi connectivity index (χ3v) is 5.42. The molecule has 4 heteroatoms. The van der Waals surface area contributed by atoms with E-state index in [2.05, 4.69) is 32.0 Å². The molecular formula is C15H31NO2S. The van der Waals surface area contributed by atoms with E-state index in [9.17, 15) is 0 Å². The Morgan fingerprint density at radius 1 is 0.947 bits per heavy atom. The van der Waals surface area contributed by atoms with Gasteiger partial charge in [-0.15, -0.1) is 0 Å². The van der Waals surface area contributed by atoms with Crippen LogP contribution in [0.1, 0.15) is 67.2 Å². The van der Waals surface area contributed by atoms with Crippen molar-refractivity contribution in [3.05, 3.63) is 0 Å². The summed E-state index contributed by atoms with van der Waals surface area (Å²) < 4.78 is 14.4. The van der Waals surface area contributed by atoms with Crippen molar-refractivity contribution in [2.24, 2.45) is 0 Å². The van der Waals surface area contributed by atoms with Crippen LogP contribution in [0.25, 0.3) is 0 Å². The van der Waals surface area contributed by atoms with Crippen LogP contribution in [0, 0.1) is 0 Å². The van der Waals surface area contributed by atoms with Crippen LogP contribution in [0.4, 0.5) is 0 Å². The lowest BCUT2D eigenvalue weighted by molar-refractivity contribution is -0.283. The number of thiol groups is 1. The van der Waals surface area contributed by atoms with Gasteiger partial charge in [-0.25, -0.2) is 4.31 Å². The highest BCUT2D eigenvalue weighted by Crippen LogP contribution is 2.49. The van der Waals surface area contributed by atoms with Crippen molar-refractivity contribution in [2.75, 3.05) is 13.2 Å². The molecule has 0 spiro atoms. The first-order valence-electron chi connectivity index (χ1n) is 7.58. The summed E-state index contributed by atoms with van der Waals surface area (Å²) in [5.74, 6) is -0.460. The minimum atomic E-state index is -0.460. The Kier molecular flexibility index (Phi) is 5.76. The maximum absolute atomic E-state index is 6.07. The van der Waals surface area contributed by atoms with Crippen LogP contribution in [0.5, 0.6) is 0 Å². The Morgan fingerprint density at radius 2 is 1.42 bits per heavy atom. The number of piperidine rings is 1. The second-order valence-corrected chi connectivity index (χ2v) is 6.59. The minimum Gasteiger partial charge on any atom is -0.350 e. The Labute approximate surface area is 124 Å². The molecule has 1 aliphatic rings. The predicted octanol–water partition coefficient (Wildman–Crippen LogP) is 4.03. The quantitative estimate of drug-likeness (QED) is 0.589. The third kappa shape index (κ3) is 3.29. The molecular weight excluding hydrogens is 258 g/mol. The first-order chi connectivity index (χ1) is 8.81. The van der Waals surface area contributed by atoms with Crippen LogP contribution < -0.4 is 0 Å². The normalized spacial score (nSPS) is 25.4. The number of hydrogen-bond acceptors (Lipinski definition) is 4. The van der Waals surface area contributed by atoms with Crippen molar-refractivity contribution in [3.63, 3.8) is 0 Å². The molecule has 1 saturated heterocycles. The van der Waals surface area contributed by atoms with Crippen LogP contribution >= 0.6 is 12.8 Å². The summed E-state index contributed by atoms with van der Waals surface area (Å²) in [6, 6.07) is 0. The summed E-state index contributed by atoms with van der Waals surface area (Å²) in [7, 11) is 0. The first-order valence-corrected chi connectivity index (χ1v) is 7.98. The average molecular weight is 289 g/mol. The molecule has 1 rings (SSSR count). The van der Waals surface area contributed by atoms with E-state index < -0.39 is 5.79 Å². The van der Waals surface area contributed by atoms with Gasteiger partial charge in [0, 0.05) is 37.1 Å². The summed E-state index contributed by atoms with van der Waals surface area (Å²) in [6.07, 6.45) is 3.85. The first kappa shape index (κ1) is 17.3. The van der Waals surface area contributed by atoms with Gasteiger partial charge in [0.15, 0.2) is 5.79 Å². The molecule has 1 aliphatic heterocycles. The molecule has 3 nitrogen and oxygen atoms in total. The molecule has 1 heterocycles. The van der Waals surface area contributed by atoms with Crippen LogP contribution in [-0.4, -0.2) is 34.4 Å².